The fraction of sp³-hybridized carbons (Fsp3) is 0.400. The topological polar surface area (TPSA) is 97.0 Å². The Hall–Kier alpha value is -3.39. The Balaban J connectivity index is 1.68. The number of hydrogen-bond acceptors (Lipinski definition) is 5. The van der Waals surface area contributed by atoms with Crippen molar-refractivity contribution in [2.45, 2.75) is 18.9 Å². The summed E-state index contributed by atoms with van der Waals surface area (Å²) in [6.07, 6.45) is 1.22. The number of amides is 3. The molecule has 0 unspecified atom stereocenters. The first-order chi connectivity index (χ1) is 16.0. The summed E-state index contributed by atoms with van der Waals surface area (Å²) in [4.78, 5) is 40.4. The predicted octanol–water partition coefficient (Wildman–Crippen LogP) is 2.11. The highest BCUT2D eigenvalue weighted by Crippen LogP contribution is 2.23. The summed E-state index contributed by atoms with van der Waals surface area (Å²) in [5, 5.41) is 5.74. The summed E-state index contributed by atoms with van der Waals surface area (Å²) in [7, 11) is 3.10. The zero-order valence-corrected chi connectivity index (χ0v) is 19.1. The second-order valence-corrected chi connectivity index (χ2v) is 7.96. The van der Waals surface area contributed by atoms with Gasteiger partial charge in [0.05, 0.1) is 13.7 Å². The molecule has 1 aliphatic rings. The zero-order valence-electron chi connectivity index (χ0n) is 19.1. The number of carbonyl (C=O) groups excluding carboxylic acids is 3. The van der Waals surface area contributed by atoms with Gasteiger partial charge in [-0.15, -0.1) is 0 Å². The Morgan fingerprint density at radius 1 is 1.00 bits per heavy atom. The van der Waals surface area contributed by atoms with Gasteiger partial charge in [-0.3, -0.25) is 14.4 Å². The molecule has 8 nitrogen and oxygen atoms in total. The molecule has 0 aromatic heterocycles. The summed E-state index contributed by atoms with van der Waals surface area (Å²) in [6.45, 7) is 1.78. The lowest BCUT2D eigenvalue weighted by Gasteiger charge is -2.36. The summed E-state index contributed by atoms with van der Waals surface area (Å²) in [5.74, 6) is -0.145. The largest absolute Gasteiger partial charge is 0.497 e. The molecule has 8 heteroatoms. The molecule has 2 aromatic carbocycles. The third-order valence-corrected chi connectivity index (χ3v) is 5.83. The van der Waals surface area contributed by atoms with Crippen molar-refractivity contribution in [1.82, 2.24) is 15.5 Å². The molecule has 0 bridgehead atoms. The summed E-state index contributed by atoms with van der Waals surface area (Å²) in [5.41, 5.74) is 1.07. The number of nitrogens with one attached hydrogen (secondary N) is 2. The molecule has 1 saturated heterocycles. The van der Waals surface area contributed by atoms with E-state index in [4.69, 9.17) is 9.47 Å². The van der Waals surface area contributed by atoms with Crippen molar-refractivity contribution in [2.24, 2.45) is 5.92 Å². The molecule has 2 aromatic rings. The van der Waals surface area contributed by atoms with Crippen LogP contribution < -0.4 is 15.4 Å². The van der Waals surface area contributed by atoms with Crippen molar-refractivity contribution in [3.05, 3.63) is 65.7 Å². The average Bonchev–Trinajstić information content (AvgIpc) is 2.87. The zero-order chi connectivity index (χ0) is 23.6. The normalized spacial score (nSPS) is 14.9. The molecule has 3 rings (SSSR count). The second kappa shape index (κ2) is 12.0. The summed E-state index contributed by atoms with van der Waals surface area (Å²) < 4.78 is 10.2. The summed E-state index contributed by atoms with van der Waals surface area (Å²) in [6, 6.07) is 15.2. The van der Waals surface area contributed by atoms with Crippen LogP contribution in [0, 0.1) is 5.92 Å². The molecular formula is C25H31N3O5. The smallest absolute Gasteiger partial charge is 0.253 e. The van der Waals surface area contributed by atoms with Crippen LogP contribution in [0.1, 0.15) is 33.6 Å². The molecule has 1 atom stereocenters. The molecule has 0 radical (unpaired) electrons. The lowest BCUT2D eigenvalue weighted by molar-refractivity contribution is -0.124. The van der Waals surface area contributed by atoms with E-state index in [0.29, 0.717) is 56.0 Å². The van der Waals surface area contributed by atoms with Crippen LogP contribution in [0.5, 0.6) is 5.75 Å². The SMILES string of the molecule is COCCNC(=O)[C@H](NC(=O)c1cccc(OC)c1)C1CCN(C(=O)c2ccccc2)CC1. The molecule has 33 heavy (non-hydrogen) atoms. The predicted molar refractivity (Wildman–Crippen MR) is 124 cm³/mol. The minimum atomic E-state index is -0.713. The number of ether oxygens (including phenoxy) is 2. The van der Waals surface area contributed by atoms with Gasteiger partial charge in [-0.25, -0.2) is 0 Å². The first kappa shape index (κ1) is 24.3. The third kappa shape index (κ3) is 6.55. The van der Waals surface area contributed by atoms with E-state index in [1.807, 2.05) is 18.2 Å². The Kier molecular flexibility index (Phi) is 8.83. The molecule has 0 aliphatic carbocycles. The number of carbonyl (C=O) groups is 3. The third-order valence-electron chi connectivity index (χ3n) is 5.83. The van der Waals surface area contributed by atoms with Crippen LogP contribution >= 0.6 is 0 Å². The maximum atomic E-state index is 13.0. The Bertz CT molecular complexity index is 942. The van der Waals surface area contributed by atoms with E-state index in [1.54, 1.807) is 48.4 Å². The van der Waals surface area contributed by atoms with Gasteiger partial charge < -0.3 is 25.0 Å². The van der Waals surface area contributed by atoms with Gasteiger partial charge in [0.2, 0.25) is 5.91 Å². The van der Waals surface area contributed by atoms with Crippen LogP contribution in [0.2, 0.25) is 0 Å². The Labute approximate surface area is 194 Å². The van der Waals surface area contributed by atoms with Crippen molar-refractivity contribution in [1.29, 1.82) is 0 Å². The van der Waals surface area contributed by atoms with E-state index in [2.05, 4.69) is 10.6 Å². The highest BCUT2D eigenvalue weighted by atomic mass is 16.5. The minimum absolute atomic E-state index is 0.0180. The lowest BCUT2D eigenvalue weighted by Crippen LogP contribution is -2.54. The molecule has 1 fully saturated rings. The standard InChI is InChI=1S/C25H31N3O5/c1-32-16-13-26-24(30)22(27-23(29)20-9-6-10-21(17-20)33-2)18-11-14-28(15-12-18)25(31)19-7-4-3-5-8-19/h3-10,17-18,22H,11-16H2,1-2H3,(H,26,30)(H,27,29)/t22-/m1/s1. The van der Waals surface area contributed by atoms with Gasteiger partial charge in [0.25, 0.3) is 11.8 Å². The van der Waals surface area contributed by atoms with E-state index in [0.717, 1.165) is 0 Å². The van der Waals surface area contributed by atoms with Crippen LogP contribution in [-0.2, 0) is 9.53 Å². The van der Waals surface area contributed by atoms with Crippen LogP contribution in [0.25, 0.3) is 0 Å². The number of likely N-dealkylation sites (tertiary alicyclic amines) is 1. The van der Waals surface area contributed by atoms with Gasteiger partial charge in [-0.2, -0.15) is 0 Å². The lowest BCUT2D eigenvalue weighted by atomic mass is 9.88. The fourth-order valence-electron chi connectivity index (χ4n) is 3.97. The molecule has 176 valence electrons. The number of rotatable bonds is 9. The summed E-state index contributed by atoms with van der Waals surface area (Å²) >= 11 is 0. The van der Waals surface area contributed by atoms with Gasteiger partial charge >= 0.3 is 0 Å². The highest BCUT2D eigenvalue weighted by molar-refractivity contribution is 5.98. The number of hydrogen-bond donors (Lipinski definition) is 2. The van der Waals surface area contributed by atoms with E-state index in [9.17, 15) is 14.4 Å². The van der Waals surface area contributed by atoms with Crippen molar-refractivity contribution in [3.8, 4) is 5.75 Å². The van der Waals surface area contributed by atoms with Crippen LogP contribution in [0.15, 0.2) is 54.6 Å². The minimum Gasteiger partial charge on any atom is -0.497 e. The molecular weight excluding hydrogens is 422 g/mol. The van der Waals surface area contributed by atoms with Crippen LogP contribution in [-0.4, -0.2) is 69.1 Å². The quantitative estimate of drug-likeness (QED) is 0.567. The molecule has 1 aliphatic heterocycles. The van der Waals surface area contributed by atoms with Crippen molar-refractivity contribution >= 4 is 17.7 Å². The Morgan fingerprint density at radius 2 is 1.70 bits per heavy atom. The van der Waals surface area contributed by atoms with E-state index in [1.165, 1.54) is 7.11 Å². The number of piperidine rings is 1. The van der Waals surface area contributed by atoms with Gasteiger partial charge in [0.15, 0.2) is 0 Å². The van der Waals surface area contributed by atoms with Gasteiger partial charge in [0.1, 0.15) is 11.8 Å². The number of benzene rings is 2. The molecule has 0 spiro atoms. The van der Waals surface area contributed by atoms with Gasteiger partial charge in [-0.05, 0) is 49.1 Å². The maximum absolute atomic E-state index is 13.0. The Morgan fingerprint density at radius 3 is 2.36 bits per heavy atom. The molecule has 3 amide bonds. The van der Waals surface area contributed by atoms with Crippen LogP contribution in [0.4, 0.5) is 0 Å². The second-order valence-electron chi connectivity index (χ2n) is 7.96. The van der Waals surface area contributed by atoms with Crippen LogP contribution in [0.3, 0.4) is 0 Å². The monoisotopic (exact) mass is 453 g/mol. The number of methoxy groups -OCH3 is 2. The number of nitrogens with zero attached hydrogens (tertiary/aromatic N) is 1. The fourth-order valence-corrected chi connectivity index (χ4v) is 3.97. The van der Waals surface area contributed by atoms with E-state index >= 15 is 0 Å². The van der Waals surface area contributed by atoms with Crippen molar-refractivity contribution < 1.29 is 23.9 Å². The van der Waals surface area contributed by atoms with Gasteiger partial charge in [0, 0.05) is 37.9 Å². The van der Waals surface area contributed by atoms with Gasteiger partial charge in [-0.1, -0.05) is 24.3 Å². The highest BCUT2D eigenvalue weighted by Gasteiger charge is 2.34. The van der Waals surface area contributed by atoms with E-state index in [-0.39, 0.29) is 23.6 Å². The maximum Gasteiger partial charge on any atom is 0.253 e. The molecule has 1 heterocycles. The van der Waals surface area contributed by atoms with Crippen molar-refractivity contribution in [2.75, 3.05) is 40.5 Å². The van der Waals surface area contributed by atoms with Crippen molar-refractivity contribution in [3.63, 3.8) is 0 Å². The molecule has 0 saturated carbocycles. The van der Waals surface area contributed by atoms with E-state index < -0.39 is 6.04 Å². The first-order valence-corrected chi connectivity index (χ1v) is 11.1. The molecule has 2 N–H and O–H groups in total. The average molecular weight is 454 g/mol. The first-order valence-electron chi connectivity index (χ1n) is 11.1.